The number of carbonyl (C=O) groups excluding carboxylic acids is 1. The molecule has 2 heterocycles. The third-order valence-electron chi connectivity index (χ3n) is 5.77. The van der Waals surface area contributed by atoms with Gasteiger partial charge >= 0.3 is 0 Å². The molecule has 2 N–H and O–H groups in total. The first-order valence-electron chi connectivity index (χ1n) is 9.09. The summed E-state index contributed by atoms with van der Waals surface area (Å²) in [5.41, 5.74) is 4.91. The van der Waals surface area contributed by atoms with Gasteiger partial charge in [0, 0.05) is 18.7 Å². The largest absolute Gasteiger partial charge is 0.352 e. The Balaban J connectivity index is 1.97. The Bertz CT molecular complexity index is 592. The van der Waals surface area contributed by atoms with Gasteiger partial charge in [0.25, 0.3) is 5.91 Å². The van der Waals surface area contributed by atoms with Gasteiger partial charge < -0.3 is 10.6 Å². The van der Waals surface area contributed by atoms with E-state index in [4.69, 9.17) is 0 Å². The van der Waals surface area contributed by atoms with Crippen LogP contribution in [-0.2, 0) is 19.4 Å². The molecule has 0 aromatic heterocycles. The summed E-state index contributed by atoms with van der Waals surface area (Å²) in [6.07, 6.45) is 2.08. The zero-order valence-corrected chi connectivity index (χ0v) is 14.9. The highest BCUT2D eigenvalue weighted by molar-refractivity contribution is 5.96. The highest BCUT2D eigenvalue weighted by Crippen LogP contribution is 2.29. The van der Waals surface area contributed by atoms with Crippen molar-refractivity contribution < 1.29 is 4.79 Å². The SMILES string of the molecule is CC(C)C1CNCc2cc3c(cc2C1)C(=O)NCC(C(C)C)C3. The standard InChI is InChI=1S/C20H30N2O/c1-12(2)16-5-14-8-19-15(7-18(14)10-21-9-16)6-17(13(3)4)11-22-20(19)23/h7-8,12-13,16-17,21H,5-6,9-11H2,1-4H3,(H,22,23). The Morgan fingerprint density at radius 1 is 0.913 bits per heavy atom. The van der Waals surface area contributed by atoms with Crippen LogP contribution in [0.25, 0.3) is 0 Å². The zero-order chi connectivity index (χ0) is 16.6. The third kappa shape index (κ3) is 3.45. The van der Waals surface area contributed by atoms with E-state index < -0.39 is 0 Å². The molecule has 2 aliphatic rings. The number of rotatable bonds is 2. The number of benzene rings is 1. The van der Waals surface area contributed by atoms with Gasteiger partial charge in [0.05, 0.1) is 0 Å². The van der Waals surface area contributed by atoms with Crippen LogP contribution in [0.2, 0.25) is 0 Å². The van der Waals surface area contributed by atoms with Crippen LogP contribution >= 0.6 is 0 Å². The minimum Gasteiger partial charge on any atom is -0.352 e. The summed E-state index contributed by atoms with van der Waals surface area (Å²) in [4.78, 5) is 12.5. The second-order valence-electron chi connectivity index (χ2n) is 8.04. The molecular formula is C20H30N2O. The molecule has 3 nitrogen and oxygen atoms in total. The molecule has 0 radical (unpaired) electrons. The molecule has 3 heteroatoms. The molecule has 1 amide bonds. The molecule has 1 aromatic rings. The van der Waals surface area contributed by atoms with Gasteiger partial charge in [-0.1, -0.05) is 33.8 Å². The van der Waals surface area contributed by atoms with E-state index in [-0.39, 0.29) is 5.91 Å². The van der Waals surface area contributed by atoms with E-state index in [1.165, 1.54) is 16.7 Å². The number of nitrogens with one attached hydrogen (secondary N) is 2. The van der Waals surface area contributed by atoms with Crippen LogP contribution in [0.15, 0.2) is 12.1 Å². The van der Waals surface area contributed by atoms with Gasteiger partial charge in [0.15, 0.2) is 0 Å². The normalized spacial score (nSPS) is 24.7. The fourth-order valence-electron chi connectivity index (χ4n) is 3.84. The first-order valence-corrected chi connectivity index (χ1v) is 9.09. The fraction of sp³-hybridized carbons (Fsp3) is 0.650. The van der Waals surface area contributed by atoms with Gasteiger partial charge in [-0.05, 0) is 65.8 Å². The predicted octanol–water partition coefficient (Wildman–Crippen LogP) is 3.16. The van der Waals surface area contributed by atoms with Crippen LogP contribution in [-0.4, -0.2) is 19.0 Å². The van der Waals surface area contributed by atoms with Gasteiger partial charge in [0.2, 0.25) is 0 Å². The maximum atomic E-state index is 12.5. The monoisotopic (exact) mass is 314 g/mol. The molecule has 0 saturated carbocycles. The Kier molecular flexibility index (Phi) is 4.77. The summed E-state index contributed by atoms with van der Waals surface area (Å²) < 4.78 is 0. The molecule has 126 valence electrons. The lowest BCUT2D eigenvalue weighted by molar-refractivity contribution is 0.0949. The average molecular weight is 314 g/mol. The lowest BCUT2D eigenvalue weighted by Crippen LogP contribution is -2.29. The molecular weight excluding hydrogens is 284 g/mol. The molecule has 0 saturated heterocycles. The van der Waals surface area contributed by atoms with Crippen LogP contribution in [0.4, 0.5) is 0 Å². The van der Waals surface area contributed by atoms with Crippen LogP contribution in [0.5, 0.6) is 0 Å². The number of carbonyl (C=O) groups is 1. The number of fused-ring (bicyclic) bond motifs is 2. The van der Waals surface area contributed by atoms with Gasteiger partial charge in [-0.3, -0.25) is 4.79 Å². The van der Waals surface area contributed by atoms with Crippen molar-refractivity contribution in [3.63, 3.8) is 0 Å². The molecule has 2 atom stereocenters. The maximum absolute atomic E-state index is 12.5. The van der Waals surface area contributed by atoms with Crippen LogP contribution in [0.1, 0.15) is 54.7 Å². The summed E-state index contributed by atoms with van der Waals surface area (Å²) >= 11 is 0. The van der Waals surface area contributed by atoms with E-state index in [1.54, 1.807) is 0 Å². The molecule has 2 aliphatic heterocycles. The van der Waals surface area contributed by atoms with Crippen molar-refractivity contribution in [2.45, 2.75) is 47.1 Å². The molecule has 3 rings (SSSR count). The lowest BCUT2D eigenvalue weighted by Gasteiger charge is -2.20. The smallest absolute Gasteiger partial charge is 0.251 e. The molecule has 0 bridgehead atoms. The van der Waals surface area contributed by atoms with Crippen LogP contribution < -0.4 is 10.6 Å². The predicted molar refractivity (Wildman–Crippen MR) is 94.5 cm³/mol. The lowest BCUT2D eigenvalue weighted by atomic mass is 9.85. The minimum absolute atomic E-state index is 0.115. The first kappa shape index (κ1) is 16.5. The Labute approximate surface area is 140 Å². The average Bonchev–Trinajstić information content (AvgIpc) is 2.79. The topological polar surface area (TPSA) is 41.1 Å². The summed E-state index contributed by atoms with van der Waals surface area (Å²) in [6.45, 7) is 11.9. The Morgan fingerprint density at radius 3 is 2.26 bits per heavy atom. The van der Waals surface area contributed by atoms with Crippen LogP contribution in [0.3, 0.4) is 0 Å². The van der Waals surface area contributed by atoms with Gasteiger partial charge in [0.1, 0.15) is 0 Å². The summed E-state index contributed by atoms with van der Waals surface area (Å²) in [6, 6.07) is 4.49. The van der Waals surface area contributed by atoms with Crippen molar-refractivity contribution in [1.82, 2.24) is 10.6 Å². The van der Waals surface area contributed by atoms with E-state index >= 15 is 0 Å². The molecule has 23 heavy (non-hydrogen) atoms. The van der Waals surface area contributed by atoms with E-state index in [9.17, 15) is 4.79 Å². The van der Waals surface area contributed by atoms with Crippen molar-refractivity contribution in [2.24, 2.45) is 23.7 Å². The molecule has 0 fully saturated rings. The highest BCUT2D eigenvalue weighted by Gasteiger charge is 2.26. The van der Waals surface area contributed by atoms with Gasteiger partial charge in [-0.15, -0.1) is 0 Å². The summed E-state index contributed by atoms with van der Waals surface area (Å²) in [7, 11) is 0. The first-order chi connectivity index (χ1) is 11.0. The summed E-state index contributed by atoms with van der Waals surface area (Å²) in [5.74, 6) is 2.53. The van der Waals surface area contributed by atoms with Crippen molar-refractivity contribution in [1.29, 1.82) is 0 Å². The molecule has 0 spiro atoms. The van der Waals surface area contributed by atoms with Crippen molar-refractivity contribution >= 4 is 5.91 Å². The van der Waals surface area contributed by atoms with Gasteiger partial charge in [-0.25, -0.2) is 0 Å². The second-order valence-corrected chi connectivity index (χ2v) is 8.04. The van der Waals surface area contributed by atoms with Crippen molar-refractivity contribution in [3.8, 4) is 0 Å². The molecule has 2 unspecified atom stereocenters. The fourth-order valence-corrected chi connectivity index (χ4v) is 3.84. The van der Waals surface area contributed by atoms with Crippen molar-refractivity contribution in [2.75, 3.05) is 13.1 Å². The minimum atomic E-state index is 0.115. The quantitative estimate of drug-likeness (QED) is 0.880. The molecule has 1 aromatic carbocycles. The van der Waals surface area contributed by atoms with E-state index in [2.05, 4.69) is 50.5 Å². The number of hydrogen-bond donors (Lipinski definition) is 2. The van der Waals surface area contributed by atoms with Crippen molar-refractivity contribution in [3.05, 3.63) is 34.4 Å². The van der Waals surface area contributed by atoms with E-state index in [1.807, 2.05) is 0 Å². The number of hydrogen-bond acceptors (Lipinski definition) is 2. The highest BCUT2D eigenvalue weighted by atomic mass is 16.1. The Hall–Kier alpha value is -1.35. The van der Waals surface area contributed by atoms with Gasteiger partial charge in [-0.2, -0.15) is 0 Å². The zero-order valence-electron chi connectivity index (χ0n) is 14.9. The second kappa shape index (κ2) is 6.64. The Morgan fingerprint density at radius 2 is 1.57 bits per heavy atom. The van der Waals surface area contributed by atoms with E-state index in [0.717, 1.165) is 38.0 Å². The number of amides is 1. The van der Waals surface area contributed by atoms with Crippen LogP contribution in [0, 0.1) is 23.7 Å². The molecule has 0 aliphatic carbocycles. The third-order valence-corrected chi connectivity index (χ3v) is 5.77. The van der Waals surface area contributed by atoms with E-state index in [0.29, 0.717) is 23.7 Å². The summed E-state index contributed by atoms with van der Waals surface area (Å²) in [5, 5.41) is 6.74. The maximum Gasteiger partial charge on any atom is 0.251 e.